The van der Waals surface area contributed by atoms with Crippen LogP contribution >= 0.6 is 0 Å². The van der Waals surface area contributed by atoms with Gasteiger partial charge in [-0.1, -0.05) is 35.9 Å². The highest BCUT2D eigenvalue weighted by Crippen LogP contribution is 2.35. The average Bonchev–Trinajstić information content (AvgIpc) is 3.35. The summed E-state index contributed by atoms with van der Waals surface area (Å²) in [5.41, 5.74) is 5.72. The van der Waals surface area contributed by atoms with Crippen LogP contribution in [0.5, 0.6) is 11.5 Å². The lowest BCUT2D eigenvalue weighted by atomic mass is 10.0. The lowest BCUT2D eigenvalue weighted by Crippen LogP contribution is -2.16. The number of ether oxygens (including phenoxy) is 2. The predicted octanol–water partition coefficient (Wildman–Crippen LogP) is 5.44. The molecule has 4 aromatic rings. The maximum atomic E-state index is 13.6. The molecule has 0 fully saturated rings. The SMILES string of the molecule is Cc1ccc2c(c1)[C@H](COc1ccc(C(=O)n3c(C)c(CC(=O)O)c4ccccc43)c(C)c1)CO2. The Morgan fingerprint density at radius 2 is 1.86 bits per heavy atom. The third-order valence-corrected chi connectivity index (χ3v) is 6.70. The van der Waals surface area contributed by atoms with Gasteiger partial charge in [0.15, 0.2) is 0 Å². The van der Waals surface area contributed by atoms with Crippen LogP contribution in [-0.2, 0) is 11.2 Å². The van der Waals surface area contributed by atoms with Crippen molar-refractivity contribution in [2.45, 2.75) is 33.1 Å². The van der Waals surface area contributed by atoms with Gasteiger partial charge in [0, 0.05) is 22.2 Å². The number of fused-ring (bicyclic) bond motifs is 2. The molecule has 2 heterocycles. The number of aliphatic carboxylic acids is 1. The molecule has 0 saturated heterocycles. The van der Waals surface area contributed by atoms with E-state index in [1.165, 1.54) is 11.1 Å². The van der Waals surface area contributed by atoms with Crippen LogP contribution in [0.15, 0.2) is 60.7 Å². The summed E-state index contributed by atoms with van der Waals surface area (Å²) < 4.78 is 13.5. The van der Waals surface area contributed by atoms with Gasteiger partial charge < -0.3 is 14.6 Å². The largest absolute Gasteiger partial charge is 0.493 e. The molecule has 3 aromatic carbocycles. The molecule has 0 spiro atoms. The zero-order valence-electron chi connectivity index (χ0n) is 20.0. The first-order valence-corrected chi connectivity index (χ1v) is 11.7. The molecule has 35 heavy (non-hydrogen) atoms. The maximum Gasteiger partial charge on any atom is 0.307 e. The van der Waals surface area contributed by atoms with Crippen LogP contribution in [0.3, 0.4) is 0 Å². The van der Waals surface area contributed by atoms with Crippen molar-refractivity contribution in [2.75, 3.05) is 13.2 Å². The summed E-state index contributed by atoms with van der Waals surface area (Å²) in [4.78, 5) is 25.0. The Labute approximate surface area is 203 Å². The highest BCUT2D eigenvalue weighted by molar-refractivity contribution is 6.05. The number of aryl methyl sites for hydroxylation is 2. The van der Waals surface area contributed by atoms with Crippen molar-refractivity contribution in [1.29, 1.82) is 0 Å². The minimum absolute atomic E-state index is 0.133. The number of hydrogen-bond acceptors (Lipinski definition) is 4. The lowest BCUT2D eigenvalue weighted by molar-refractivity contribution is -0.136. The predicted molar refractivity (Wildman–Crippen MR) is 134 cm³/mol. The van der Waals surface area contributed by atoms with Crippen LogP contribution in [-0.4, -0.2) is 34.8 Å². The van der Waals surface area contributed by atoms with Gasteiger partial charge >= 0.3 is 5.97 Å². The fraction of sp³-hybridized carbons (Fsp3) is 0.241. The average molecular weight is 470 g/mol. The minimum Gasteiger partial charge on any atom is -0.493 e. The summed E-state index contributed by atoms with van der Waals surface area (Å²) in [5, 5.41) is 10.2. The third kappa shape index (κ3) is 4.16. The number of carboxylic acids is 1. The molecule has 0 aliphatic carbocycles. The van der Waals surface area contributed by atoms with E-state index in [0.29, 0.717) is 41.3 Å². The van der Waals surface area contributed by atoms with Crippen LogP contribution in [0.25, 0.3) is 10.9 Å². The number of hydrogen-bond donors (Lipinski definition) is 1. The smallest absolute Gasteiger partial charge is 0.307 e. The molecule has 6 nitrogen and oxygen atoms in total. The third-order valence-electron chi connectivity index (χ3n) is 6.70. The van der Waals surface area contributed by atoms with Crippen molar-refractivity contribution in [3.8, 4) is 11.5 Å². The Morgan fingerprint density at radius 3 is 2.63 bits per heavy atom. The van der Waals surface area contributed by atoms with Gasteiger partial charge in [-0.25, -0.2) is 0 Å². The quantitative estimate of drug-likeness (QED) is 0.407. The number of carbonyl (C=O) groups is 2. The summed E-state index contributed by atoms with van der Waals surface area (Å²) in [5.74, 6) is 0.659. The molecule has 0 radical (unpaired) electrons. The fourth-order valence-electron chi connectivity index (χ4n) is 4.89. The number of aromatic nitrogens is 1. The zero-order valence-corrected chi connectivity index (χ0v) is 20.0. The van der Waals surface area contributed by atoms with Gasteiger partial charge in [-0.2, -0.15) is 0 Å². The van der Waals surface area contributed by atoms with Gasteiger partial charge in [0.25, 0.3) is 5.91 Å². The van der Waals surface area contributed by atoms with Gasteiger partial charge in [-0.3, -0.25) is 14.2 Å². The molecular formula is C29H27NO5. The number of rotatable bonds is 6. The number of benzene rings is 3. The monoisotopic (exact) mass is 469 g/mol. The summed E-state index contributed by atoms with van der Waals surface area (Å²) in [6, 6.07) is 19.1. The van der Waals surface area contributed by atoms with E-state index in [1.54, 1.807) is 17.6 Å². The maximum absolute atomic E-state index is 13.6. The molecule has 1 aliphatic rings. The van der Waals surface area contributed by atoms with E-state index in [4.69, 9.17) is 9.47 Å². The lowest BCUT2D eigenvalue weighted by Gasteiger charge is -2.14. The van der Waals surface area contributed by atoms with E-state index in [0.717, 1.165) is 16.7 Å². The molecule has 0 saturated carbocycles. The fourth-order valence-corrected chi connectivity index (χ4v) is 4.89. The molecule has 1 atom stereocenters. The van der Waals surface area contributed by atoms with Gasteiger partial charge in [0.1, 0.15) is 11.5 Å². The highest BCUT2D eigenvalue weighted by Gasteiger charge is 2.25. The molecule has 1 N–H and O–H groups in total. The Morgan fingerprint density at radius 1 is 1.06 bits per heavy atom. The summed E-state index contributed by atoms with van der Waals surface area (Å²) in [6.45, 7) is 6.83. The first-order valence-electron chi connectivity index (χ1n) is 11.7. The molecule has 0 amide bonds. The van der Waals surface area contributed by atoms with Crippen molar-refractivity contribution >= 4 is 22.8 Å². The van der Waals surface area contributed by atoms with Gasteiger partial charge in [-0.15, -0.1) is 0 Å². The van der Waals surface area contributed by atoms with E-state index >= 15 is 0 Å². The summed E-state index contributed by atoms with van der Waals surface area (Å²) in [6.07, 6.45) is -0.133. The molecule has 178 valence electrons. The van der Waals surface area contributed by atoms with E-state index < -0.39 is 5.97 Å². The number of para-hydroxylation sites is 1. The normalized spacial score (nSPS) is 14.5. The second-order valence-electron chi connectivity index (χ2n) is 9.13. The van der Waals surface area contributed by atoms with E-state index in [2.05, 4.69) is 13.0 Å². The molecular weight excluding hydrogens is 442 g/mol. The Kier molecular flexibility index (Phi) is 5.81. The van der Waals surface area contributed by atoms with E-state index in [-0.39, 0.29) is 18.2 Å². The molecule has 1 aromatic heterocycles. The first kappa shape index (κ1) is 22.7. The molecule has 0 bridgehead atoms. The highest BCUT2D eigenvalue weighted by atomic mass is 16.5. The second-order valence-corrected chi connectivity index (χ2v) is 9.13. The molecule has 1 aliphatic heterocycles. The zero-order chi connectivity index (χ0) is 24.7. The van der Waals surface area contributed by atoms with E-state index in [1.807, 2.05) is 55.5 Å². The van der Waals surface area contributed by atoms with Crippen LogP contribution in [0.4, 0.5) is 0 Å². The van der Waals surface area contributed by atoms with E-state index in [9.17, 15) is 14.7 Å². The molecule has 6 heteroatoms. The number of carboxylic acid groups (broad SMARTS) is 1. The Balaban J connectivity index is 1.39. The van der Waals surface area contributed by atoms with Crippen molar-refractivity contribution in [2.24, 2.45) is 0 Å². The topological polar surface area (TPSA) is 77.8 Å². The van der Waals surface area contributed by atoms with Crippen molar-refractivity contribution in [1.82, 2.24) is 4.57 Å². The van der Waals surface area contributed by atoms with Gasteiger partial charge in [0.2, 0.25) is 0 Å². The Bertz CT molecular complexity index is 1470. The first-order chi connectivity index (χ1) is 16.8. The minimum atomic E-state index is -0.924. The Hall–Kier alpha value is -4.06. The van der Waals surface area contributed by atoms with Crippen LogP contribution in [0.2, 0.25) is 0 Å². The van der Waals surface area contributed by atoms with Crippen molar-refractivity contribution < 1.29 is 24.2 Å². The molecule has 5 rings (SSSR count). The van der Waals surface area contributed by atoms with Crippen LogP contribution < -0.4 is 9.47 Å². The summed E-state index contributed by atoms with van der Waals surface area (Å²) in [7, 11) is 0. The number of carbonyl (C=O) groups excluding carboxylic acids is 1. The van der Waals surface area contributed by atoms with Crippen LogP contribution in [0.1, 0.15) is 44.2 Å². The second kappa shape index (κ2) is 8.95. The van der Waals surface area contributed by atoms with Crippen molar-refractivity contribution in [3.05, 3.63) is 94.2 Å². The van der Waals surface area contributed by atoms with Gasteiger partial charge in [0.05, 0.1) is 31.1 Å². The summed E-state index contributed by atoms with van der Waals surface area (Å²) >= 11 is 0. The standard InChI is InChI=1S/C29H27NO5/c1-17-8-11-27-25(12-17)20(16-35-27)15-34-21-9-10-22(18(2)13-21)29(33)30-19(3)24(14-28(31)32)23-6-4-5-7-26(23)30/h4-13,20H,14-16H2,1-3H3,(H,31,32)/t20-/m1/s1. The number of nitrogens with zero attached hydrogens (tertiary/aromatic N) is 1. The van der Waals surface area contributed by atoms with Crippen LogP contribution in [0, 0.1) is 20.8 Å². The van der Waals surface area contributed by atoms with Crippen molar-refractivity contribution in [3.63, 3.8) is 0 Å². The molecule has 0 unspecified atom stereocenters. The van der Waals surface area contributed by atoms with Gasteiger partial charge in [-0.05, 0) is 62.2 Å².